The predicted molar refractivity (Wildman–Crippen MR) is 113 cm³/mol. The second kappa shape index (κ2) is 7.62. The molecule has 0 atom stereocenters. The van der Waals surface area contributed by atoms with Crippen LogP contribution >= 0.6 is 0 Å². The molecule has 1 aromatic carbocycles. The average molecular weight is 387 g/mol. The summed E-state index contributed by atoms with van der Waals surface area (Å²) in [7, 11) is -1.12. The van der Waals surface area contributed by atoms with E-state index in [0.29, 0.717) is 6.73 Å². The van der Waals surface area contributed by atoms with Crippen molar-refractivity contribution in [2.24, 2.45) is 0 Å². The van der Waals surface area contributed by atoms with Crippen molar-refractivity contribution < 1.29 is 14.6 Å². The molecule has 1 aromatic heterocycles. The minimum atomic E-state index is -1.12. The molecule has 2 aromatic rings. The number of hydrogen-bond donors (Lipinski definition) is 1. The van der Waals surface area contributed by atoms with Gasteiger partial charge in [0.15, 0.2) is 0 Å². The molecule has 1 heterocycles. The fraction of sp³-hybridized carbons (Fsp3) is 0.476. The molecule has 1 N–H and O–H groups in total. The van der Waals surface area contributed by atoms with Gasteiger partial charge in [0.05, 0.1) is 17.8 Å². The molecule has 0 amide bonds. The van der Waals surface area contributed by atoms with E-state index in [9.17, 15) is 5.11 Å². The molecule has 1 saturated carbocycles. The van der Waals surface area contributed by atoms with Crippen molar-refractivity contribution in [2.45, 2.75) is 50.9 Å². The Kier molecular flexibility index (Phi) is 5.60. The number of aliphatic hydroxyl groups excluding tert-OH is 1. The van der Waals surface area contributed by atoms with Crippen LogP contribution < -0.4 is 4.74 Å². The Hall–Kier alpha value is -1.89. The fourth-order valence-electron chi connectivity index (χ4n) is 2.91. The monoisotopic (exact) mass is 386 g/mol. The highest BCUT2D eigenvalue weighted by atomic mass is 28.3. The summed E-state index contributed by atoms with van der Waals surface area (Å²) in [4.78, 5) is 0. The van der Waals surface area contributed by atoms with Gasteiger partial charge in [0.25, 0.3) is 0 Å². The van der Waals surface area contributed by atoms with Gasteiger partial charge < -0.3 is 14.6 Å². The second-order valence-electron chi connectivity index (χ2n) is 8.55. The summed E-state index contributed by atoms with van der Waals surface area (Å²) in [6.45, 7) is 16.2. The van der Waals surface area contributed by atoms with Crippen LogP contribution in [-0.2, 0) is 11.5 Å². The Morgan fingerprint density at radius 3 is 2.70 bits per heavy atom. The van der Waals surface area contributed by atoms with Crippen LogP contribution in [0.25, 0.3) is 16.5 Å². The highest BCUT2D eigenvalue weighted by Crippen LogP contribution is 2.40. The van der Waals surface area contributed by atoms with Crippen molar-refractivity contribution in [1.82, 2.24) is 9.78 Å². The van der Waals surface area contributed by atoms with Gasteiger partial charge >= 0.3 is 0 Å². The van der Waals surface area contributed by atoms with E-state index in [1.54, 1.807) is 6.08 Å². The van der Waals surface area contributed by atoms with E-state index in [0.717, 1.165) is 53.4 Å². The summed E-state index contributed by atoms with van der Waals surface area (Å²) in [6, 6.07) is 6.94. The molecule has 0 spiro atoms. The zero-order chi connectivity index (χ0) is 19.7. The number of hydrogen-bond acceptors (Lipinski definition) is 4. The van der Waals surface area contributed by atoms with Gasteiger partial charge in [0.1, 0.15) is 18.1 Å². The Balaban J connectivity index is 1.84. The lowest BCUT2D eigenvalue weighted by molar-refractivity contribution is 0.0785. The van der Waals surface area contributed by atoms with E-state index in [4.69, 9.17) is 9.47 Å². The van der Waals surface area contributed by atoms with Crippen molar-refractivity contribution in [1.29, 1.82) is 0 Å². The van der Waals surface area contributed by atoms with E-state index in [1.807, 2.05) is 22.9 Å². The summed E-state index contributed by atoms with van der Waals surface area (Å²) in [5.41, 5.74) is 2.15. The van der Waals surface area contributed by atoms with Crippen LogP contribution in [0.15, 0.2) is 37.4 Å². The number of nitrogens with zero attached hydrogens (tertiary/aromatic N) is 2. The molecule has 0 unspecified atom stereocenters. The van der Waals surface area contributed by atoms with Crippen molar-refractivity contribution >= 4 is 24.5 Å². The van der Waals surface area contributed by atoms with E-state index in [1.165, 1.54) is 0 Å². The van der Waals surface area contributed by atoms with E-state index < -0.39 is 13.7 Å². The zero-order valence-corrected chi connectivity index (χ0v) is 17.6. The first-order valence-electron chi connectivity index (χ1n) is 9.47. The summed E-state index contributed by atoms with van der Waals surface area (Å²) in [6.07, 6.45) is 3.51. The molecule has 5 nitrogen and oxygen atoms in total. The minimum absolute atomic E-state index is 0.0431. The SMILES string of the molecule is C=CC(=C)c1c2cc(OC3(CO)CC3)ccc2nn1COCC[Si](C)(C)C. The lowest BCUT2D eigenvalue weighted by atomic mass is 10.1. The van der Waals surface area contributed by atoms with Crippen LogP contribution in [0, 0.1) is 0 Å². The number of aromatic nitrogens is 2. The Bertz CT molecular complexity index is 847. The summed E-state index contributed by atoms with van der Waals surface area (Å²) in [5.74, 6) is 0.742. The number of benzene rings is 1. The summed E-state index contributed by atoms with van der Waals surface area (Å²) in [5, 5.41) is 15.1. The molecular formula is C21H30N2O3Si. The van der Waals surface area contributed by atoms with Crippen LogP contribution in [0.2, 0.25) is 25.7 Å². The highest BCUT2D eigenvalue weighted by Gasteiger charge is 2.45. The average Bonchev–Trinajstić information content (AvgIpc) is 3.30. The first kappa shape index (κ1) is 19.9. The first-order chi connectivity index (χ1) is 12.8. The molecule has 0 bridgehead atoms. The summed E-state index contributed by atoms with van der Waals surface area (Å²) >= 11 is 0. The lowest BCUT2D eigenvalue weighted by Crippen LogP contribution is -2.22. The number of allylic oxidation sites excluding steroid dienone is 2. The molecule has 146 valence electrons. The number of rotatable bonds is 10. The standard InChI is InChI=1S/C21H30N2O3Si/c1-6-16(2)20-18-13-17(26-21(14-24)9-10-21)7-8-19(18)22-23(20)15-25-11-12-27(3,4)5/h6-8,13,24H,1-2,9-12,14-15H2,3-5H3. The number of fused-ring (bicyclic) bond motifs is 1. The van der Waals surface area contributed by atoms with Crippen LogP contribution in [0.1, 0.15) is 18.5 Å². The molecule has 0 aliphatic heterocycles. The molecule has 6 heteroatoms. The van der Waals surface area contributed by atoms with Gasteiger partial charge in [0.2, 0.25) is 0 Å². The van der Waals surface area contributed by atoms with E-state index >= 15 is 0 Å². The molecule has 3 rings (SSSR count). The van der Waals surface area contributed by atoms with Gasteiger partial charge in [0, 0.05) is 20.1 Å². The molecule has 1 aliphatic rings. The van der Waals surface area contributed by atoms with Gasteiger partial charge in [-0.2, -0.15) is 5.10 Å². The second-order valence-corrected chi connectivity index (χ2v) is 14.2. The van der Waals surface area contributed by atoms with Crippen molar-refractivity contribution in [3.05, 3.63) is 43.1 Å². The molecule has 0 radical (unpaired) electrons. The molecule has 1 fully saturated rings. The third-order valence-electron chi connectivity index (χ3n) is 4.90. The quantitative estimate of drug-likeness (QED) is 0.372. The van der Waals surface area contributed by atoms with Gasteiger partial charge in [-0.25, -0.2) is 4.68 Å². The van der Waals surface area contributed by atoms with Crippen LogP contribution in [0.5, 0.6) is 5.75 Å². The zero-order valence-electron chi connectivity index (χ0n) is 16.6. The third-order valence-corrected chi connectivity index (χ3v) is 6.60. The molecule has 0 saturated heterocycles. The molecular weight excluding hydrogens is 356 g/mol. The van der Waals surface area contributed by atoms with Gasteiger partial charge in [-0.15, -0.1) is 0 Å². The molecule has 27 heavy (non-hydrogen) atoms. The topological polar surface area (TPSA) is 56.5 Å². The van der Waals surface area contributed by atoms with Crippen LogP contribution in [-0.4, -0.2) is 41.8 Å². The minimum Gasteiger partial charge on any atom is -0.485 e. The van der Waals surface area contributed by atoms with Gasteiger partial charge in [-0.05, 0) is 42.7 Å². The fourth-order valence-corrected chi connectivity index (χ4v) is 3.67. The van der Waals surface area contributed by atoms with Crippen LogP contribution in [0.4, 0.5) is 0 Å². The Morgan fingerprint density at radius 1 is 1.37 bits per heavy atom. The maximum atomic E-state index is 9.51. The predicted octanol–water partition coefficient (Wildman–Crippen LogP) is 4.45. The first-order valence-corrected chi connectivity index (χ1v) is 13.2. The van der Waals surface area contributed by atoms with E-state index in [-0.39, 0.29) is 6.61 Å². The maximum Gasteiger partial charge on any atom is 0.140 e. The van der Waals surface area contributed by atoms with Crippen molar-refractivity contribution in [2.75, 3.05) is 13.2 Å². The Morgan fingerprint density at radius 2 is 2.11 bits per heavy atom. The van der Waals surface area contributed by atoms with Crippen LogP contribution in [0.3, 0.4) is 0 Å². The third kappa shape index (κ3) is 4.69. The van der Waals surface area contributed by atoms with E-state index in [2.05, 4.69) is 37.9 Å². The van der Waals surface area contributed by atoms with Gasteiger partial charge in [-0.3, -0.25) is 0 Å². The molecule has 1 aliphatic carbocycles. The normalized spacial score (nSPS) is 15.7. The van der Waals surface area contributed by atoms with Crippen molar-refractivity contribution in [3.8, 4) is 5.75 Å². The largest absolute Gasteiger partial charge is 0.485 e. The highest BCUT2D eigenvalue weighted by molar-refractivity contribution is 6.76. The smallest absolute Gasteiger partial charge is 0.140 e. The number of ether oxygens (including phenoxy) is 2. The lowest BCUT2D eigenvalue weighted by Gasteiger charge is -2.16. The maximum absolute atomic E-state index is 9.51. The van der Waals surface area contributed by atoms with Gasteiger partial charge in [-0.1, -0.05) is 38.9 Å². The number of aliphatic hydroxyl groups is 1. The Labute approximate surface area is 162 Å². The van der Waals surface area contributed by atoms with Crippen molar-refractivity contribution in [3.63, 3.8) is 0 Å². The summed E-state index contributed by atoms with van der Waals surface area (Å²) < 4.78 is 13.8.